The van der Waals surface area contributed by atoms with Gasteiger partial charge in [-0.1, -0.05) is 35.5 Å². The Morgan fingerprint density at radius 3 is 2.70 bits per heavy atom. The predicted octanol–water partition coefficient (Wildman–Crippen LogP) is 2.17. The first-order valence-electron chi connectivity index (χ1n) is 10.5. The topological polar surface area (TPSA) is 119 Å². The van der Waals surface area contributed by atoms with Crippen molar-refractivity contribution < 1.29 is 17.7 Å². The first kappa shape index (κ1) is 21.0. The lowest BCUT2D eigenvalue weighted by atomic mass is 9.93. The van der Waals surface area contributed by atoms with E-state index in [0.29, 0.717) is 38.3 Å². The van der Waals surface area contributed by atoms with Crippen molar-refractivity contribution >= 4 is 15.9 Å². The van der Waals surface area contributed by atoms with Gasteiger partial charge in [0.2, 0.25) is 10.0 Å². The molecule has 0 spiro atoms. The molecule has 2 atom stereocenters. The summed E-state index contributed by atoms with van der Waals surface area (Å²) < 4.78 is 32.7. The average molecular weight is 433 g/mol. The quantitative estimate of drug-likeness (QED) is 0.660. The van der Waals surface area contributed by atoms with Crippen LogP contribution < -0.4 is 11.1 Å². The Labute approximate surface area is 176 Å². The Bertz CT molecular complexity index is 972. The van der Waals surface area contributed by atoms with E-state index in [1.165, 1.54) is 0 Å². The molecule has 3 N–H and O–H groups in total. The number of nitrogens with one attached hydrogen (secondary N) is 1. The Morgan fingerprint density at radius 2 is 2.00 bits per heavy atom. The Kier molecular flexibility index (Phi) is 6.21. The molecule has 0 radical (unpaired) electrons. The lowest BCUT2D eigenvalue weighted by molar-refractivity contribution is 0.0902. The third kappa shape index (κ3) is 4.74. The highest BCUT2D eigenvalue weighted by Crippen LogP contribution is 2.40. The van der Waals surface area contributed by atoms with Crippen molar-refractivity contribution in [1.82, 2.24) is 14.8 Å². The fraction of sp³-hybridized carbons (Fsp3) is 0.524. The summed E-state index contributed by atoms with van der Waals surface area (Å²) in [6.45, 7) is 0.686. The largest absolute Gasteiger partial charge is 0.360 e. The number of nitrogens with zero attached hydrogens (tertiary/aromatic N) is 2. The molecule has 30 heavy (non-hydrogen) atoms. The van der Waals surface area contributed by atoms with Crippen LogP contribution in [0.3, 0.4) is 0 Å². The van der Waals surface area contributed by atoms with Crippen LogP contribution in [-0.4, -0.2) is 48.7 Å². The molecule has 1 saturated carbocycles. The van der Waals surface area contributed by atoms with E-state index in [4.69, 9.17) is 10.3 Å². The molecule has 162 valence electrons. The zero-order valence-corrected chi connectivity index (χ0v) is 17.7. The van der Waals surface area contributed by atoms with Crippen LogP contribution in [0.4, 0.5) is 0 Å². The maximum atomic E-state index is 12.9. The van der Waals surface area contributed by atoms with E-state index in [0.717, 1.165) is 24.2 Å². The Hall–Kier alpha value is -2.23. The number of rotatable bonds is 8. The first-order chi connectivity index (χ1) is 14.5. The van der Waals surface area contributed by atoms with Crippen molar-refractivity contribution in [3.05, 3.63) is 53.4 Å². The van der Waals surface area contributed by atoms with E-state index in [1.54, 1.807) is 10.4 Å². The van der Waals surface area contributed by atoms with E-state index in [2.05, 4.69) is 10.5 Å². The molecule has 1 aliphatic carbocycles. The molecule has 2 fully saturated rings. The van der Waals surface area contributed by atoms with E-state index >= 15 is 0 Å². The lowest BCUT2D eigenvalue weighted by Gasteiger charge is -2.39. The van der Waals surface area contributed by atoms with Crippen LogP contribution in [0, 0.1) is 0 Å². The highest BCUT2D eigenvalue weighted by molar-refractivity contribution is 7.89. The van der Waals surface area contributed by atoms with Crippen LogP contribution in [0.5, 0.6) is 0 Å². The van der Waals surface area contributed by atoms with Gasteiger partial charge in [0, 0.05) is 24.6 Å². The van der Waals surface area contributed by atoms with Gasteiger partial charge < -0.3 is 15.6 Å². The van der Waals surface area contributed by atoms with Crippen molar-refractivity contribution in [3.8, 4) is 0 Å². The molecule has 1 aromatic heterocycles. The summed E-state index contributed by atoms with van der Waals surface area (Å²) in [4.78, 5) is 12.7. The Morgan fingerprint density at radius 1 is 1.23 bits per heavy atom. The van der Waals surface area contributed by atoms with Crippen molar-refractivity contribution in [2.24, 2.45) is 5.73 Å². The fourth-order valence-electron chi connectivity index (χ4n) is 3.98. The van der Waals surface area contributed by atoms with Crippen LogP contribution in [0.15, 0.2) is 40.9 Å². The number of carbonyl (C=O) groups is 1. The van der Waals surface area contributed by atoms with E-state index in [9.17, 15) is 13.2 Å². The smallest absolute Gasteiger partial charge is 0.273 e. The summed E-state index contributed by atoms with van der Waals surface area (Å²) in [5.74, 6) is 0.917. The lowest BCUT2D eigenvalue weighted by Crippen LogP contribution is -2.48. The van der Waals surface area contributed by atoms with Crippen LogP contribution in [-0.2, 0) is 10.0 Å². The molecule has 2 heterocycles. The number of carbonyl (C=O) groups excluding carboxylic acids is 1. The van der Waals surface area contributed by atoms with Gasteiger partial charge in [0.05, 0.1) is 11.8 Å². The molecule has 8 nitrogen and oxygen atoms in total. The van der Waals surface area contributed by atoms with Gasteiger partial charge in [0.25, 0.3) is 5.91 Å². The van der Waals surface area contributed by atoms with Crippen LogP contribution >= 0.6 is 0 Å². The number of sulfonamides is 1. The number of benzene rings is 1. The van der Waals surface area contributed by atoms with Crippen LogP contribution in [0.25, 0.3) is 0 Å². The van der Waals surface area contributed by atoms with E-state index in [-0.39, 0.29) is 29.4 Å². The Balaban J connectivity index is 1.48. The second kappa shape index (κ2) is 8.87. The van der Waals surface area contributed by atoms with E-state index in [1.807, 2.05) is 30.3 Å². The molecule has 1 unspecified atom stereocenters. The third-order valence-corrected chi connectivity index (χ3v) is 7.73. The zero-order valence-electron chi connectivity index (χ0n) is 16.9. The number of hydrogen-bond donors (Lipinski definition) is 2. The fourth-order valence-corrected chi connectivity index (χ4v) is 5.73. The van der Waals surface area contributed by atoms with Gasteiger partial charge in [-0.3, -0.25) is 4.79 Å². The van der Waals surface area contributed by atoms with Crippen LogP contribution in [0.1, 0.15) is 65.9 Å². The van der Waals surface area contributed by atoms with Gasteiger partial charge in [0.1, 0.15) is 5.76 Å². The molecular weight excluding hydrogens is 404 g/mol. The van der Waals surface area contributed by atoms with E-state index < -0.39 is 10.0 Å². The number of hydrogen-bond acceptors (Lipinski definition) is 6. The van der Waals surface area contributed by atoms with Gasteiger partial charge in [0.15, 0.2) is 5.69 Å². The molecule has 1 aromatic carbocycles. The molecular formula is C21H28N4O4S. The number of aromatic nitrogens is 1. The molecule has 1 saturated heterocycles. The monoisotopic (exact) mass is 432 g/mol. The van der Waals surface area contributed by atoms with Gasteiger partial charge in [-0.25, -0.2) is 8.42 Å². The highest BCUT2D eigenvalue weighted by Gasteiger charge is 2.37. The first-order valence-corrected chi connectivity index (χ1v) is 12.1. The molecule has 4 rings (SSSR count). The van der Waals surface area contributed by atoms with Gasteiger partial charge in [-0.05, 0) is 44.2 Å². The predicted molar refractivity (Wildman–Crippen MR) is 112 cm³/mol. The highest BCUT2D eigenvalue weighted by atomic mass is 32.2. The maximum Gasteiger partial charge on any atom is 0.273 e. The zero-order chi connectivity index (χ0) is 21.1. The van der Waals surface area contributed by atoms with Gasteiger partial charge >= 0.3 is 0 Å². The second-order valence-corrected chi connectivity index (χ2v) is 10.1. The van der Waals surface area contributed by atoms with Gasteiger partial charge in [-0.2, -0.15) is 4.31 Å². The summed E-state index contributed by atoms with van der Waals surface area (Å²) in [5.41, 5.74) is 6.73. The summed E-state index contributed by atoms with van der Waals surface area (Å²) in [7, 11) is -3.43. The summed E-state index contributed by atoms with van der Waals surface area (Å²) in [5, 5.41) is 6.92. The normalized spacial score (nSPS) is 22.7. The number of piperidine rings is 1. The standard InChI is InChI=1S/C21H28N4O4S/c22-10-4-12-30(27,28)25-11-9-17(13-19(25)15-5-2-1-3-6-15)23-21(26)18-14-20(29-24-18)16-7-8-16/h1-3,5-6,14,16-17,19H,4,7-13,22H2,(H,23,26)/t17?,19-/m1/s1. The number of amides is 1. The maximum absolute atomic E-state index is 12.9. The third-order valence-electron chi connectivity index (χ3n) is 5.78. The van der Waals surface area contributed by atoms with Gasteiger partial charge in [-0.15, -0.1) is 0 Å². The molecule has 1 amide bonds. The summed E-state index contributed by atoms with van der Waals surface area (Å²) in [6, 6.07) is 10.8. The minimum absolute atomic E-state index is 0.0345. The molecule has 2 aliphatic rings. The minimum Gasteiger partial charge on any atom is -0.360 e. The van der Waals surface area contributed by atoms with Crippen LogP contribution in [0.2, 0.25) is 0 Å². The second-order valence-electron chi connectivity index (χ2n) is 8.08. The molecule has 9 heteroatoms. The van der Waals surface area contributed by atoms with Crippen molar-refractivity contribution in [2.45, 2.75) is 50.1 Å². The molecule has 0 bridgehead atoms. The van der Waals surface area contributed by atoms with Crippen molar-refractivity contribution in [3.63, 3.8) is 0 Å². The van der Waals surface area contributed by atoms with Crippen molar-refractivity contribution in [2.75, 3.05) is 18.8 Å². The molecule has 1 aliphatic heterocycles. The average Bonchev–Trinajstić information content (AvgIpc) is 3.49. The SMILES string of the molecule is NCCCS(=O)(=O)N1CCC(NC(=O)c2cc(C3CC3)on2)C[C@@H]1c1ccccc1. The molecule has 2 aromatic rings. The minimum atomic E-state index is -3.43. The summed E-state index contributed by atoms with van der Waals surface area (Å²) >= 11 is 0. The van der Waals surface area contributed by atoms with Crippen molar-refractivity contribution in [1.29, 1.82) is 0 Å². The summed E-state index contributed by atoms with van der Waals surface area (Å²) in [6.07, 6.45) is 3.63. The number of nitrogens with two attached hydrogens (primary N) is 1.